The van der Waals surface area contributed by atoms with E-state index in [9.17, 15) is 9.59 Å². The van der Waals surface area contributed by atoms with Crippen LogP contribution in [0.25, 0.3) is 0 Å². The van der Waals surface area contributed by atoms with Gasteiger partial charge in [0.05, 0.1) is 5.56 Å². The molecule has 1 aliphatic rings. The van der Waals surface area contributed by atoms with E-state index < -0.39 is 5.97 Å². The molecule has 2 rings (SSSR count). The van der Waals surface area contributed by atoms with Gasteiger partial charge in [-0.05, 0) is 31.0 Å². The van der Waals surface area contributed by atoms with Crippen LogP contribution >= 0.6 is 0 Å². The molecule has 114 valence electrons. The first kappa shape index (κ1) is 15.2. The zero-order valence-corrected chi connectivity index (χ0v) is 12.4. The van der Waals surface area contributed by atoms with Gasteiger partial charge in [-0.3, -0.25) is 0 Å². The molecule has 0 atom stereocenters. The van der Waals surface area contributed by atoms with Crippen molar-refractivity contribution in [3.63, 3.8) is 0 Å². The van der Waals surface area contributed by atoms with Gasteiger partial charge in [0, 0.05) is 38.9 Å². The van der Waals surface area contributed by atoms with Crippen LogP contribution in [-0.2, 0) is 0 Å². The van der Waals surface area contributed by atoms with Gasteiger partial charge in [-0.15, -0.1) is 0 Å². The number of hydrogen-bond donors (Lipinski definition) is 2. The molecular weight excluding hydrogens is 270 g/mol. The van der Waals surface area contributed by atoms with E-state index in [-0.39, 0.29) is 17.6 Å². The van der Waals surface area contributed by atoms with Crippen LogP contribution in [0.4, 0.5) is 10.5 Å². The van der Waals surface area contributed by atoms with Crippen molar-refractivity contribution >= 4 is 17.7 Å². The molecule has 1 aromatic rings. The third kappa shape index (κ3) is 3.87. The van der Waals surface area contributed by atoms with Crippen molar-refractivity contribution in [2.24, 2.45) is 0 Å². The molecule has 1 aromatic carbocycles. The minimum absolute atomic E-state index is 0.0429. The first-order valence-corrected chi connectivity index (χ1v) is 7.03. The van der Waals surface area contributed by atoms with Gasteiger partial charge in [-0.25, -0.2) is 9.59 Å². The highest BCUT2D eigenvalue weighted by atomic mass is 16.4. The summed E-state index contributed by atoms with van der Waals surface area (Å²) >= 11 is 0. The summed E-state index contributed by atoms with van der Waals surface area (Å²) in [5.74, 6) is -0.926. The number of likely N-dealkylation sites (tertiary alicyclic amines) is 1. The molecule has 6 heteroatoms. The SMILES string of the molecule is CN(C)C(=O)N1CCC(Nc2cccc(C(=O)O)c2)CC1. The van der Waals surface area contributed by atoms with Gasteiger partial charge >= 0.3 is 12.0 Å². The molecule has 0 aliphatic carbocycles. The number of nitrogens with zero attached hydrogens (tertiary/aromatic N) is 2. The summed E-state index contributed by atoms with van der Waals surface area (Å²) in [5, 5.41) is 12.3. The van der Waals surface area contributed by atoms with Crippen LogP contribution in [0.5, 0.6) is 0 Å². The second-order valence-electron chi connectivity index (χ2n) is 5.47. The van der Waals surface area contributed by atoms with E-state index in [0.717, 1.165) is 18.5 Å². The highest BCUT2D eigenvalue weighted by molar-refractivity contribution is 5.88. The number of piperidine rings is 1. The molecule has 21 heavy (non-hydrogen) atoms. The van der Waals surface area contributed by atoms with Crippen LogP contribution in [0.2, 0.25) is 0 Å². The lowest BCUT2D eigenvalue weighted by atomic mass is 10.0. The van der Waals surface area contributed by atoms with Crippen molar-refractivity contribution in [1.29, 1.82) is 0 Å². The second kappa shape index (κ2) is 6.47. The Hall–Kier alpha value is -2.24. The average Bonchev–Trinajstić information content (AvgIpc) is 2.47. The zero-order chi connectivity index (χ0) is 15.4. The molecule has 1 aliphatic heterocycles. The Morgan fingerprint density at radius 2 is 1.95 bits per heavy atom. The number of hydrogen-bond acceptors (Lipinski definition) is 3. The maximum absolute atomic E-state index is 11.8. The zero-order valence-electron chi connectivity index (χ0n) is 12.4. The first-order valence-electron chi connectivity index (χ1n) is 7.03. The van der Waals surface area contributed by atoms with Crippen LogP contribution < -0.4 is 5.32 Å². The number of carboxylic acid groups (broad SMARTS) is 1. The first-order chi connectivity index (χ1) is 9.97. The molecule has 1 saturated heterocycles. The van der Waals surface area contributed by atoms with E-state index in [1.165, 1.54) is 0 Å². The monoisotopic (exact) mass is 291 g/mol. The van der Waals surface area contributed by atoms with E-state index in [0.29, 0.717) is 13.1 Å². The van der Waals surface area contributed by atoms with Crippen molar-refractivity contribution in [3.05, 3.63) is 29.8 Å². The highest BCUT2D eigenvalue weighted by Gasteiger charge is 2.23. The molecule has 0 saturated carbocycles. The fraction of sp³-hybridized carbons (Fsp3) is 0.467. The third-order valence-corrected chi connectivity index (χ3v) is 3.63. The minimum Gasteiger partial charge on any atom is -0.478 e. The Morgan fingerprint density at radius 3 is 2.52 bits per heavy atom. The van der Waals surface area contributed by atoms with Crippen molar-refractivity contribution in [2.75, 3.05) is 32.5 Å². The lowest BCUT2D eigenvalue weighted by Crippen LogP contribution is -2.46. The number of aromatic carboxylic acids is 1. The number of amides is 2. The lowest BCUT2D eigenvalue weighted by molar-refractivity contribution is 0.0697. The summed E-state index contributed by atoms with van der Waals surface area (Å²) < 4.78 is 0. The molecule has 0 radical (unpaired) electrons. The quantitative estimate of drug-likeness (QED) is 0.892. The number of rotatable bonds is 3. The Balaban J connectivity index is 1.90. The van der Waals surface area contributed by atoms with Gasteiger partial charge in [0.25, 0.3) is 0 Å². The molecule has 0 bridgehead atoms. The number of nitrogens with one attached hydrogen (secondary N) is 1. The van der Waals surface area contributed by atoms with Crippen molar-refractivity contribution < 1.29 is 14.7 Å². The molecule has 1 fully saturated rings. The third-order valence-electron chi connectivity index (χ3n) is 3.63. The predicted molar refractivity (Wildman–Crippen MR) is 80.7 cm³/mol. The molecule has 0 spiro atoms. The molecule has 1 heterocycles. The summed E-state index contributed by atoms with van der Waals surface area (Å²) in [4.78, 5) is 26.2. The number of anilines is 1. The number of urea groups is 1. The average molecular weight is 291 g/mol. The standard InChI is InChI=1S/C15H21N3O3/c1-17(2)15(21)18-8-6-12(7-9-18)16-13-5-3-4-11(10-13)14(19)20/h3-5,10,12,16H,6-9H2,1-2H3,(H,19,20). The van der Waals surface area contributed by atoms with Crippen molar-refractivity contribution in [1.82, 2.24) is 9.80 Å². The van der Waals surface area contributed by atoms with Crippen LogP contribution in [0.1, 0.15) is 23.2 Å². The van der Waals surface area contributed by atoms with E-state index >= 15 is 0 Å². The normalized spacial score (nSPS) is 15.6. The number of carboxylic acids is 1. The number of benzene rings is 1. The van der Waals surface area contributed by atoms with E-state index in [2.05, 4.69) is 5.32 Å². The molecular formula is C15H21N3O3. The summed E-state index contributed by atoms with van der Waals surface area (Å²) in [6.07, 6.45) is 1.72. The van der Waals surface area contributed by atoms with Crippen LogP contribution in [0, 0.1) is 0 Å². The van der Waals surface area contributed by atoms with Gasteiger partial charge < -0.3 is 20.2 Å². The Morgan fingerprint density at radius 1 is 1.29 bits per heavy atom. The number of carbonyl (C=O) groups excluding carboxylic acids is 1. The largest absolute Gasteiger partial charge is 0.478 e. The Kier molecular flexibility index (Phi) is 4.67. The number of carbonyl (C=O) groups is 2. The van der Waals surface area contributed by atoms with Crippen LogP contribution in [0.15, 0.2) is 24.3 Å². The minimum atomic E-state index is -0.926. The Bertz CT molecular complexity index is 523. The van der Waals surface area contributed by atoms with Crippen molar-refractivity contribution in [2.45, 2.75) is 18.9 Å². The Labute approximate surface area is 124 Å². The van der Waals surface area contributed by atoms with Crippen LogP contribution in [0.3, 0.4) is 0 Å². The predicted octanol–water partition coefficient (Wildman–Crippen LogP) is 1.94. The summed E-state index contributed by atoms with van der Waals surface area (Å²) in [7, 11) is 3.51. The second-order valence-corrected chi connectivity index (χ2v) is 5.47. The van der Waals surface area contributed by atoms with E-state index in [4.69, 9.17) is 5.11 Å². The van der Waals surface area contributed by atoms with E-state index in [1.54, 1.807) is 37.2 Å². The van der Waals surface area contributed by atoms with Gasteiger partial charge in [0.1, 0.15) is 0 Å². The van der Waals surface area contributed by atoms with Gasteiger partial charge in [0.15, 0.2) is 0 Å². The van der Waals surface area contributed by atoms with E-state index in [1.807, 2.05) is 11.0 Å². The lowest BCUT2D eigenvalue weighted by Gasteiger charge is -2.34. The van der Waals surface area contributed by atoms with Crippen molar-refractivity contribution in [3.8, 4) is 0 Å². The maximum atomic E-state index is 11.8. The molecule has 0 aromatic heterocycles. The molecule has 2 amide bonds. The topological polar surface area (TPSA) is 72.9 Å². The fourth-order valence-corrected chi connectivity index (χ4v) is 2.48. The maximum Gasteiger partial charge on any atom is 0.335 e. The van der Waals surface area contributed by atoms with Gasteiger partial charge in [0.2, 0.25) is 0 Å². The van der Waals surface area contributed by atoms with Gasteiger partial charge in [-0.2, -0.15) is 0 Å². The molecule has 2 N–H and O–H groups in total. The summed E-state index contributed by atoms with van der Waals surface area (Å²) in [6.45, 7) is 1.43. The molecule has 6 nitrogen and oxygen atoms in total. The summed E-state index contributed by atoms with van der Waals surface area (Å²) in [5.41, 5.74) is 1.09. The fourth-order valence-electron chi connectivity index (χ4n) is 2.48. The summed E-state index contributed by atoms with van der Waals surface area (Å²) in [6, 6.07) is 7.12. The van der Waals surface area contributed by atoms with Crippen LogP contribution in [-0.4, -0.2) is 60.1 Å². The van der Waals surface area contributed by atoms with Gasteiger partial charge in [-0.1, -0.05) is 6.07 Å². The molecule has 0 unspecified atom stereocenters. The highest BCUT2D eigenvalue weighted by Crippen LogP contribution is 2.18. The smallest absolute Gasteiger partial charge is 0.335 e.